The molecule has 164 valence electrons. The zero-order valence-electron chi connectivity index (χ0n) is 16.3. The van der Waals surface area contributed by atoms with Crippen molar-refractivity contribution in [2.45, 2.75) is 13.0 Å². The third kappa shape index (κ3) is 4.51. The van der Waals surface area contributed by atoms with Crippen LogP contribution in [0.1, 0.15) is 21.5 Å². The van der Waals surface area contributed by atoms with Crippen molar-refractivity contribution in [3.8, 4) is 11.5 Å². The lowest BCUT2D eigenvalue weighted by Gasteiger charge is -2.29. The highest BCUT2D eigenvalue weighted by molar-refractivity contribution is 6.37. The Balaban J connectivity index is 1.54. The molecular weight excluding hydrogens is 465 g/mol. The van der Waals surface area contributed by atoms with Crippen LogP contribution in [0.15, 0.2) is 48.5 Å². The van der Waals surface area contributed by atoms with Gasteiger partial charge in [0.1, 0.15) is 17.4 Å². The molecule has 1 amide bonds. The highest BCUT2D eigenvalue weighted by Gasteiger charge is 2.25. The Hall–Kier alpha value is -3.23. The van der Waals surface area contributed by atoms with E-state index >= 15 is 0 Å². The van der Waals surface area contributed by atoms with Gasteiger partial charge >= 0.3 is 0 Å². The molecule has 3 aromatic carbocycles. The van der Waals surface area contributed by atoms with E-state index in [1.807, 2.05) is 0 Å². The number of amides is 1. The number of carbonyl (C=O) groups excluding carboxylic acids is 1. The number of hydrogen-bond acceptors (Lipinski definition) is 4. The third-order valence-corrected chi connectivity index (χ3v) is 5.52. The number of nitrogens with zero attached hydrogens (tertiary/aromatic N) is 2. The topological polar surface area (TPSA) is 72.7 Å². The Morgan fingerprint density at radius 2 is 1.69 bits per heavy atom. The maximum absolute atomic E-state index is 13.5. The maximum atomic E-state index is 13.5. The molecule has 0 aliphatic carbocycles. The Morgan fingerprint density at radius 1 is 1.03 bits per heavy atom. The summed E-state index contributed by atoms with van der Waals surface area (Å²) in [5.41, 5.74) is 1.27. The molecule has 0 saturated heterocycles. The summed E-state index contributed by atoms with van der Waals surface area (Å²) in [4.78, 5) is 24.7. The van der Waals surface area contributed by atoms with Gasteiger partial charge in [0.25, 0.3) is 11.6 Å². The van der Waals surface area contributed by atoms with Gasteiger partial charge < -0.3 is 9.64 Å². The summed E-state index contributed by atoms with van der Waals surface area (Å²) >= 11 is 12.2. The number of halogens is 4. The average molecular weight is 479 g/mol. The molecule has 0 bridgehead atoms. The first-order valence-corrected chi connectivity index (χ1v) is 10.2. The van der Waals surface area contributed by atoms with Gasteiger partial charge in [0.15, 0.2) is 5.75 Å². The molecular formula is C22H14Cl2F2N2O4. The van der Waals surface area contributed by atoms with Crippen LogP contribution in [0.4, 0.5) is 14.5 Å². The summed E-state index contributed by atoms with van der Waals surface area (Å²) in [6.45, 7) is 0.436. The van der Waals surface area contributed by atoms with Crippen molar-refractivity contribution in [3.63, 3.8) is 0 Å². The van der Waals surface area contributed by atoms with Crippen molar-refractivity contribution >= 4 is 34.8 Å². The van der Waals surface area contributed by atoms with E-state index in [2.05, 4.69) is 0 Å². The Labute approximate surface area is 191 Å². The van der Waals surface area contributed by atoms with Crippen molar-refractivity contribution in [3.05, 3.63) is 97.0 Å². The third-order valence-electron chi connectivity index (χ3n) is 4.95. The van der Waals surface area contributed by atoms with Gasteiger partial charge in [-0.05, 0) is 47.9 Å². The second-order valence-electron chi connectivity index (χ2n) is 7.17. The lowest BCUT2D eigenvalue weighted by Crippen LogP contribution is -2.37. The molecule has 0 aromatic heterocycles. The van der Waals surface area contributed by atoms with Gasteiger partial charge in [-0.3, -0.25) is 14.9 Å². The second-order valence-corrected chi connectivity index (χ2v) is 7.99. The van der Waals surface area contributed by atoms with Gasteiger partial charge in [0.2, 0.25) is 0 Å². The molecule has 10 heteroatoms. The number of fused-ring (bicyclic) bond motifs is 1. The summed E-state index contributed by atoms with van der Waals surface area (Å²) in [6, 6.07) is 10.2. The molecule has 0 radical (unpaired) electrons. The highest BCUT2D eigenvalue weighted by Crippen LogP contribution is 2.40. The summed E-state index contributed by atoms with van der Waals surface area (Å²) in [6.07, 6.45) is 0.498. The summed E-state index contributed by atoms with van der Waals surface area (Å²) in [5, 5.41) is 10.9. The average Bonchev–Trinajstić information content (AvgIpc) is 2.72. The largest absolute Gasteiger partial charge is 0.454 e. The first-order valence-electron chi connectivity index (χ1n) is 9.40. The number of carbonyl (C=O) groups is 1. The minimum absolute atomic E-state index is 0.0218. The fraction of sp³-hybridized carbons (Fsp3) is 0.136. The van der Waals surface area contributed by atoms with E-state index in [0.717, 1.165) is 23.8 Å². The minimum Gasteiger partial charge on any atom is -0.454 e. The first-order chi connectivity index (χ1) is 15.2. The number of ether oxygens (including phenoxy) is 1. The maximum Gasteiger partial charge on any atom is 0.272 e. The van der Waals surface area contributed by atoms with Crippen LogP contribution in [-0.4, -0.2) is 22.3 Å². The summed E-state index contributed by atoms with van der Waals surface area (Å²) in [5.74, 6) is -1.25. The SMILES string of the molecule is O=C1c2ccc(Oc3c(Cl)cc([N+](=O)[O-])cc3Cl)cc2CCN1Cc1cc(F)cc(F)c1. The predicted molar refractivity (Wildman–Crippen MR) is 114 cm³/mol. The van der Waals surface area contributed by atoms with Gasteiger partial charge in [0.05, 0.1) is 15.0 Å². The Bertz CT molecular complexity index is 1210. The quantitative estimate of drug-likeness (QED) is 0.324. The van der Waals surface area contributed by atoms with E-state index in [9.17, 15) is 23.7 Å². The molecule has 1 aliphatic rings. The summed E-state index contributed by atoms with van der Waals surface area (Å²) in [7, 11) is 0. The number of non-ortho nitro benzene ring substituents is 1. The fourth-order valence-corrected chi connectivity index (χ4v) is 4.07. The molecule has 1 heterocycles. The monoisotopic (exact) mass is 478 g/mol. The number of rotatable bonds is 5. The van der Waals surface area contributed by atoms with E-state index in [-0.39, 0.29) is 33.9 Å². The van der Waals surface area contributed by atoms with E-state index in [1.165, 1.54) is 17.0 Å². The molecule has 0 atom stereocenters. The number of hydrogen-bond donors (Lipinski definition) is 0. The van der Waals surface area contributed by atoms with Crippen LogP contribution < -0.4 is 4.74 Å². The molecule has 6 nitrogen and oxygen atoms in total. The number of nitro benzene ring substituents is 1. The van der Waals surface area contributed by atoms with Crippen molar-refractivity contribution in [2.24, 2.45) is 0 Å². The van der Waals surface area contributed by atoms with Crippen LogP contribution >= 0.6 is 23.2 Å². The van der Waals surface area contributed by atoms with Crippen molar-refractivity contribution < 1.29 is 23.2 Å². The van der Waals surface area contributed by atoms with Crippen LogP contribution in [0.25, 0.3) is 0 Å². The molecule has 32 heavy (non-hydrogen) atoms. The normalized spacial score (nSPS) is 13.1. The van der Waals surface area contributed by atoms with E-state index in [0.29, 0.717) is 29.8 Å². The molecule has 1 aliphatic heterocycles. The Kier molecular flexibility index (Phi) is 5.99. The number of nitro groups is 1. The lowest BCUT2D eigenvalue weighted by molar-refractivity contribution is -0.384. The first kappa shape index (κ1) is 22.0. The zero-order valence-corrected chi connectivity index (χ0v) is 17.8. The van der Waals surface area contributed by atoms with Crippen LogP contribution in [0.2, 0.25) is 10.0 Å². The van der Waals surface area contributed by atoms with Crippen molar-refractivity contribution in [2.75, 3.05) is 6.54 Å². The molecule has 0 saturated carbocycles. The fourth-order valence-electron chi connectivity index (χ4n) is 3.52. The molecule has 3 aromatic rings. The smallest absolute Gasteiger partial charge is 0.272 e. The standard InChI is InChI=1S/C22H14Cl2F2N2O4/c23-19-9-16(28(30)31)10-20(24)21(19)32-17-1-2-18-13(7-17)3-4-27(22(18)29)11-12-5-14(25)8-15(26)6-12/h1-2,5-10H,3-4,11H2. The van der Waals surface area contributed by atoms with Gasteiger partial charge in [0, 0.05) is 36.9 Å². The van der Waals surface area contributed by atoms with E-state index < -0.39 is 16.6 Å². The molecule has 0 fully saturated rings. The zero-order chi connectivity index (χ0) is 23.0. The molecule has 0 spiro atoms. The van der Waals surface area contributed by atoms with E-state index in [1.54, 1.807) is 18.2 Å². The van der Waals surface area contributed by atoms with Crippen LogP contribution in [0, 0.1) is 21.7 Å². The van der Waals surface area contributed by atoms with Gasteiger partial charge in [-0.1, -0.05) is 23.2 Å². The number of benzene rings is 3. The van der Waals surface area contributed by atoms with Gasteiger partial charge in [-0.25, -0.2) is 8.78 Å². The Morgan fingerprint density at radius 3 is 2.31 bits per heavy atom. The lowest BCUT2D eigenvalue weighted by atomic mass is 9.98. The van der Waals surface area contributed by atoms with Gasteiger partial charge in [-0.15, -0.1) is 0 Å². The second kappa shape index (κ2) is 8.72. The molecule has 0 unspecified atom stereocenters. The highest BCUT2D eigenvalue weighted by atomic mass is 35.5. The van der Waals surface area contributed by atoms with Crippen LogP contribution in [0.3, 0.4) is 0 Å². The van der Waals surface area contributed by atoms with Crippen molar-refractivity contribution in [1.29, 1.82) is 0 Å². The molecule has 4 rings (SSSR count). The predicted octanol–water partition coefficient (Wildman–Crippen LogP) is 6.17. The van der Waals surface area contributed by atoms with Crippen LogP contribution in [0.5, 0.6) is 11.5 Å². The van der Waals surface area contributed by atoms with E-state index in [4.69, 9.17) is 27.9 Å². The van der Waals surface area contributed by atoms with Gasteiger partial charge in [-0.2, -0.15) is 0 Å². The summed E-state index contributed by atoms with van der Waals surface area (Å²) < 4.78 is 32.6. The van der Waals surface area contributed by atoms with Crippen LogP contribution in [-0.2, 0) is 13.0 Å². The van der Waals surface area contributed by atoms with Crippen molar-refractivity contribution in [1.82, 2.24) is 4.90 Å². The molecule has 0 N–H and O–H groups in total. The minimum atomic E-state index is -0.699.